The van der Waals surface area contributed by atoms with E-state index in [0.717, 1.165) is 9.47 Å². The van der Waals surface area contributed by atoms with E-state index in [1.54, 1.807) is 0 Å². The van der Waals surface area contributed by atoms with Crippen LogP contribution in [0, 0.1) is 5.82 Å². The number of rotatable bonds is 3. The molecule has 0 saturated carbocycles. The molecular weight excluding hydrogens is 319 g/mol. The molecule has 0 bridgehead atoms. The van der Waals surface area contributed by atoms with E-state index < -0.39 is 28.7 Å². The summed E-state index contributed by atoms with van der Waals surface area (Å²) in [5.74, 6) is -2.37. The highest BCUT2D eigenvalue weighted by Gasteiger charge is 2.31. The predicted octanol–water partition coefficient (Wildman–Crippen LogP) is -0.00560. The zero-order chi connectivity index (χ0) is 17.4. The van der Waals surface area contributed by atoms with Gasteiger partial charge in [-0.2, -0.15) is 0 Å². The number of aromatic hydroxyl groups is 1. The van der Waals surface area contributed by atoms with Crippen LogP contribution >= 0.6 is 0 Å². The minimum absolute atomic E-state index is 0.00488. The molecule has 0 fully saturated rings. The van der Waals surface area contributed by atoms with Crippen molar-refractivity contribution in [3.8, 4) is 5.75 Å². The standard InChI is InChI=1S/C15H13FN4O4/c1-19-10(21)7-20-14(24)12(22)11(18-15(19)20)13(23)17-6-8-2-4-9(16)5-3-8/h2-5,22H,6-7H2,1H3,(H,17,23). The number of aromatic nitrogens is 2. The van der Waals surface area contributed by atoms with E-state index in [1.165, 1.54) is 31.3 Å². The van der Waals surface area contributed by atoms with Crippen molar-refractivity contribution in [2.75, 3.05) is 11.9 Å². The van der Waals surface area contributed by atoms with Gasteiger partial charge in [0.1, 0.15) is 12.4 Å². The van der Waals surface area contributed by atoms with Gasteiger partial charge in [-0.3, -0.25) is 23.9 Å². The van der Waals surface area contributed by atoms with Gasteiger partial charge in [0.25, 0.3) is 11.5 Å². The number of likely N-dealkylation sites (N-methyl/N-ethyl adjacent to an activating group) is 1. The number of benzene rings is 1. The van der Waals surface area contributed by atoms with Gasteiger partial charge in [-0.05, 0) is 17.7 Å². The van der Waals surface area contributed by atoms with Gasteiger partial charge < -0.3 is 10.4 Å². The zero-order valence-corrected chi connectivity index (χ0v) is 12.6. The Labute approximate surface area is 135 Å². The number of halogens is 1. The van der Waals surface area contributed by atoms with Crippen LogP contribution in [0.15, 0.2) is 29.1 Å². The zero-order valence-electron chi connectivity index (χ0n) is 12.6. The molecule has 2 heterocycles. The first-order valence-corrected chi connectivity index (χ1v) is 7.01. The van der Waals surface area contributed by atoms with Crippen LogP contribution < -0.4 is 15.8 Å². The normalized spacial score (nSPS) is 13.1. The molecule has 0 spiro atoms. The maximum absolute atomic E-state index is 12.8. The highest BCUT2D eigenvalue weighted by molar-refractivity contribution is 5.98. The van der Waals surface area contributed by atoms with Crippen LogP contribution in [0.4, 0.5) is 10.3 Å². The van der Waals surface area contributed by atoms with Crippen LogP contribution in [0.1, 0.15) is 16.1 Å². The Morgan fingerprint density at radius 1 is 1.33 bits per heavy atom. The summed E-state index contributed by atoms with van der Waals surface area (Å²) < 4.78 is 13.8. The number of nitrogens with one attached hydrogen (secondary N) is 1. The summed E-state index contributed by atoms with van der Waals surface area (Å²) in [4.78, 5) is 40.9. The van der Waals surface area contributed by atoms with Crippen LogP contribution in [0.2, 0.25) is 0 Å². The molecule has 0 aliphatic carbocycles. The van der Waals surface area contributed by atoms with Crippen LogP contribution in [-0.2, 0) is 17.9 Å². The fourth-order valence-corrected chi connectivity index (χ4v) is 2.31. The molecular formula is C15H13FN4O4. The Bertz CT molecular complexity index is 892. The molecule has 0 radical (unpaired) electrons. The van der Waals surface area contributed by atoms with E-state index in [-0.39, 0.29) is 24.9 Å². The van der Waals surface area contributed by atoms with Gasteiger partial charge in [-0.25, -0.2) is 9.37 Å². The van der Waals surface area contributed by atoms with Gasteiger partial charge in [0.05, 0.1) is 0 Å². The molecule has 1 aliphatic rings. The number of anilines is 1. The van der Waals surface area contributed by atoms with Gasteiger partial charge in [0, 0.05) is 13.6 Å². The molecule has 1 aromatic heterocycles. The molecule has 24 heavy (non-hydrogen) atoms. The Morgan fingerprint density at radius 3 is 2.67 bits per heavy atom. The van der Waals surface area contributed by atoms with E-state index in [1.807, 2.05) is 0 Å². The molecule has 2 aromatic rings. The average Bonchev–Trinajstić information content (AvgIpc) is 2.85. The van der Waals surface area contributed by atoms with Crippen LogP contribution in [-0.4, -0.2) is 33.5 Å². The minimum atomic E-state index is -0.857. The molecule has 124 valence electrons. The molecule has 2 N–H and O–H groups in total. The highest BCUT2D eigenvalue weighted by atomic mass is 19.1. The predicted molar refractivity (Wildman–Crippen MR) is 81.1 cm³/mol. The Morgan fingerprint density at radius 2 is 2.00 bits per heavy atom. The fourth-order valence-electron chi connectivity index (χ4n) is 2.31. The van der Waals surface area contributed by atoms with Gasteiger partial charge in [-0.15, -0.1) is 0 Å². The fraction of sp³-hybridized carbons (Fsp3) is 0.200. The smallest absolute Gasteiger partial charge is 0.298 e. The van der Waals surface area contributed by atoms with Crippen molar-refractivity contribution in [3.05, 3.63) is 51.7 Å². The molecule has 2 amide bonds. The molecule has 1 aliphatic heterocycles. The van der Waals surface area contributed by atoms with E-state index in [4.69, 9.17) is 0 Å². The first-order chi connectivity index (χ1) is 11.4. The van der Waals surface area contributed by atoms with Crippen LogP contribution in [0.3, 0.4) is 0 Å². The lowest BCUT2D eigenvalue weighted by Gasteiger charge is -2.11. The second-order valence-electron chi connectivity index (χ2n) is 5.26. The summed E-state index contributed by atoms with van der Waals surface area (Å²) >= 11 is 0. The average molecular weight is 332 g/mol. The van der Waals surface area contributed by atoms with Gasteiger partial charge in [-0.1, -0.05) is 12.1 Å². The van der Waals surface area contributed by atoms with Crippen LogP contribution in [0.5, 0.6) is 5.75 Å². The molecule has 0 saturated heterocycles. The topological polar surface area (TPSA) is 105 Å². The van der Waals surface area contributed by atoms with Crippen LogP contribution in [0.25, 0.3) is 0 Å². The summed E-state index contributed by atoms with van der Waals surface area (Å²) in [5.41, 5.74) is -0.686. The molecule has 1 aromatic carbocycles. The monoisotopic (exact) mass is 332 g/mol. The number of carbonyl (C=O) groups is 2. The number of hydrogen-bond acceptors (Lipinski definition) is 5. The van der Waals surface area contributed by atoms with E-state index >= 15 is 0 Å². The SMILES string of the molecule is CN1C(=O)Cn2c1nc(C(=O)NCc1ccc(F)cc1)c(O)c2=O. The van der Waals surface area contributed by atoms with Gasteiger partial charge >= 0.3 is 0 Å². The summed E-state index contributed by atoms with van der Waals surface area (Å²) in [7, 11) is 1.42. The number of nitrogens with zero attached hydrogens (tertiary/aromatic N) is 3. The Hall–Kier alpha value is -3.23. The molecule has 0 unspecified atom stereocenters. The summed E-state index contributed by atoms with van der Waals surface area (Å²) in [6.07, 6.45) is 0. The van der Waals surface area contributed by atoms with Crippen molar-refractivity contribution in [3.63, 3.8) is 0 Å². The third-order valence-electron chi connectivity index (χ3n) is 3.67. The lowest BCUT2D eigenvalue weighted by atomic mass is 10.2. The maximum atomic E-state index is 12.8. The van der Waals surface area contributed by atoms with E-state index in [2.05, 4.69) is 10.3 Å². The number of hydrogen-bond donors (Lipinski definition) is 2. The third kappa shape index (κ3) is 2.60. The summed E-state index contributed by atoms with van der Waals surface area (Å²) in [6.45, 7) is -0.171. The van der Waals surface area contributed by atoms with Gasteiger partial charge in [0.15, 0.2) is 5.69 Å². The lowest BCUT2D eigenvalue weighted by Crippen LogP contribution is -2.29. The largest absolute Gasteiger partial charge is 0.501 e. The summed E-state index contributed by atoms with van der Waals surface area (Å²) in [6, 6.07) is 5.49. The molecule has 9 heteroatoms. The van der Waals surface area contributed by atoms with E-state index in [0.29, 0.717) is 5.56 Å². The number of fused-ring (bicyclic) bond motifs is 1. The molecule has 3 rings (SSSR count). The third-order valence-corrected chi connectivity index (χ3v) is 3.67. The maximum Gasteiger partial charge on any atom is 0.298 e. The first kappa shape index (κ1) is 15.7. The van der Waals surface area contributed by atoms with Gasteiger partial charge in [0.2, 0.25) is 17.6 Å². The highest BCUT2D eigenvalue weighted by Crippen LogP contribution is 2.20. The van der Waals surface area contributed by atoms with Crippen molar-refractivity contribution < 1.29 is 19.1 Å². The lowest BCUT2D eigenvalue weighted by molar-refractivity contribution is -0.117. The second kappa shape index (κ2) is 5.76. The van der Waals surface area contributed by atoms with Crippen molar-refractivity contribution >= 4 is 17.8 Å². The second-order valence-corrected chi connectivity index (χ2v) is 5.26. The number of amides is 2. The quantitative estimate of drug-likeness (QED) is 0.823. The Kier molecular flexibility index (Phi) is 3.76. The van der Waals surface area contributed by atoms with Crippen molar-refractivity contribution in [2.24, 2.45) is 0 Å². The van der Waals surface area contributed by atoms with Crippen molar-refractivity contribution in [1.29, 1.82) is 0 Å². The van der Waals surface area contributed by atoms with Crippen molar-refractivity contribution in [2.45, 2.75) is 13.1 Å². The van der Waals surface area contributed by atoms with E-state index in [9.17, 15) is 23.9 Å². The summed E-state index contributed by atoms with van der Waals surface area (Å²) in [5, 5.41) is 12.4. The number of carbonyl (C=O) groups excluding carboxylic acids is 2. The molecule has 8 nitrogen and oxygen atoms in total. The first-order valence-electron chi connectivity index (χ1n) is 7.01. The molecule has 0 atom stereocenters. The van der Waals surface area contributed by atoms with Crippen molar-refractivity contribution in [1.82, 2.24) is 14.9 Å². The Balaban J connectivity index is 1.85. The minimum Gasteiger partial charge on any atom is -0.501 e.